The predicted molar refractivity (Wildman–Crippen MR) is 75.7 cm³/mol. The zero-order valence-corrected chi connectivity index (χ0v) is 11.7. The molecule has 0 aliphatic heterocycles. The second kappa shape index (κ2) is 7.43. The van der Waals surface area contributed by atoms with Crippen molar-refractivity contribution in [1.29, 1.82) is 0 Å². The lowest BCUT2D eigenvalue weighted by Crippen LogP contribution is -2.09. The lowest BCUT2D eigenvalue weighted by atomic mass is 10.2. The Bertz CT molecular complexity index is 537. The summed E-state index contributed by atoms with van der Waals surface area (Å²) in [5.74, 6) is 0.769. The summed E-state index contributed by atoms with van der Waals surface area (Å²) in [6, 6.07) is 9.51. The van der Waals surface area contributed by atoms with Crippen LogP contribution in [0.4, 0.5) is 0 Å². The number of aldehydes is 1. The van der Waals surface area contributed by atoms with Crippen LogP contribution in [0.1, 0.15) is 42.4 Å². The van der Waals surface area contributed by atoms with Gasteiger partial charge in [-0.2, -0.15) is 0 Å². The molecule has 0 saturated heterocycles. The smallest absolute Gasteiger partial charge is 0.172 e. The van der Waals surface area contributed by atoms with Gasteiger partial charge in [0.25, 0.3) is 0 Å². The van der Waals surface area contributed by atoms with E-state index in [1.807, 2.05) is 30.3 Å². The third kappa shape index (κ3) is 3.66. The van der Waals surface area contributed by atoms with Crippen molar-refractivity contribution >= 4 is 6.29 Å². The molecule has 5 nitrogen and oxygen atoms in total. The number of aryl methyl sites for hydroxylation is 1. The third-order valence-electron chi connectivity index (χ3n) is 3.07. The molecule has 0 saturated carbocycles. The van der Waals surface area contributed by atoms with Crippen LogP contribution in [0.5, 0.6) is 5.75 Å². The summed E-state index contributed by atoms with van der Waals surface area (Å²) in [6.07, 6.45) is 4.03. The fourth-order valence-corrected chi connectivity index (χ4v) is 1.95. The van der Waals surface area contributed by atoms with E-state index in [0.717, 1.165) is 43.5 Å². The van der Waals surface area contributed by atoms with E-state index in [0.29, 0.717) is 12.3 Å². The van der Waals surface area contributed by atoms with Gasteiger partial charge in [-0.25, -0.2) is 4.68 Å². The number of nitrogens with zero attached hydrogens (tertiary/aromatic N) is 3. The highest BCUT2D eigenvalue weighted by molar-refractivity contribution is 5.73. The number of ether oxygens (including phenoxy) is 1. The van der Waals surface area contributed by atoms with Gasteiger partial charge in [0, 0.05) is 6.54 Å². The zero-order chi connectivity index (χ0) is 14.2. The van der Waals surface area contributed by atoms with E-state index >= 15 is 0 Å². The van der Waals surface area contributed by atoms with Crippen molar-refractivity contribution in [3.63, 3.8) is 0 Å². The Labute approximate surface area is 118 Å². The highest BCUT2D eigenvalue weighted by Gasteiger charge is 2.12. The minimum absolute atomic E-state index is 0.303. The maximum Gasteiger partial charge on any atom is 0.172 e. The molecule has 0 radical (unpaired) electrons. The second-order valence-corrected chi connectivity index (χ2v) is 4.57. The molecular formula is C15H19N3O2. The quantitative estimate of drug-likeness (QED) is 0.548. The van der Waals surface area contributed by atoms with Crippen molar-refractivity contribution in [1.82, 2.24) is 15.0 Å². The highest BCUT2D eigenvalue weighted by Crippen LogP contribution is 2.13. The molecule has 0 spiro atoms. The van der Waals surface area contributed by atoms with Crippen LogP contribution in [0.2, 0.25) is 0 Å². The average molecular weight is 273 g/mol. The number of benzene rings is 1. The fraction of sp³-hybridized carbons (Fsp3) is 0.400. The van der Waals surface area contributed by atoms with E-state index in [1.165, 1.54) is 0 Å². The van der Waals surface area contributed by atoms with Gasteiger partial charge in [0.2, 0.25) is 0 Å². The summed E-state index contributed by atoms with van der Waals surface area (Å²) < 4.78 is 7.45. The van der Waals surface area contributed by atoms with Crippen molar-refractivity contribution in [2.75, 3.05) is 0 Å². The number of hydrogen-bond donors (Lipinski definition) is 0. The molecule has 0 unspecified atom stereocenters. The largest absolute Gasteiger partial charge is 0.487 e. The molecule has 2 aromatic rings. The van der Waals surface area contributed by atoms with Gasteiger partial charge in [-0.3, -0.25) is 4.79 Å². The molecule has 20 heavy (non-hydrogen) atoms. The normalized spacial score (nSPS) is 10.4. The Hall–Kier alpha value is -2.17. The van der Waals surface area contributed by atoms with E-state index in [9.17, 15) is 4.79 Å². The first-order valence-electron chi connectivity index (χ1n) is 6.90. The molecule has 5 heteroatoms. The van der Waals surface area contributed by atoms with Crippen LogP contribution < -0.4 is 4.74 Å². The van der Waals surface area contributed by atoms with Crippen LogP contribution in [-0.4, -0.2) is 21.3 Å². The average Bonchev–Trinajstić information content (AvgIpc) is 2.88. The van der Waals surface area contributed by atoms with Crippen LogP contribution in [-0.2, 0) is 13.2 Å². The molecule has 0 amide bonds. The van der Waals surface area contributed by atoms with Gasteiger partial charge in [0.15, 0.2) is 12.0 Å². The van der Waals surface area contributed by atoms with E-state index in [-0.39, 0.29) is 0 Å². The van der Waals surface area contributed by atoms with Crippen LogP contribution in [0.25, 0.3) is 0 Å². The van der Waals surface area contributed by atoms with Crippen molar-refractivity contribution in [2.24, 2.45) is 0 Å². The van der Waals surface area contributed by atoms with Crippen LogP contribution in [0.3, 0.4) is 0 Å². The predicted octanol–water partition coefficient (Wildman–Crippen LogP) is 2.86. The maximum atomic E-state index is 11.0. The van der Waals surface area contributed by atoms with E-state index in [4.69, 9.17) is 4.74 Å². The summed E-state index contributed by atoms with van der Waals surface area (Å²) in [4.78, 5) is 11.0. The molecule has 0 fully saturated rings. The highest BCUT2D eigenvalue weighted by atomic mass is 16.5. The molecule has 1 aromatic carbocycles. The molecule has 1 aromatic heterocycles. The van der Waals surface area contributed by atoms with Crippen LogP contribution >= 0.6 is 0 Å². The summed E-state index contributed by atoms with van der Waals surface area (Å²) in [7, 11) is 0. The lowest BCUT2D eigenvalue weighted by Gasteiger charge is -2.08. The number of hydrogen-bond acceptors (Lipinski definition) is 4. The van der Waals surface area contributed by atoms with E-state index in [1.54, 1.807) is 4.68 Å². The van der Waals surface area contributed by atoms with Gasteiger partial charge in [0.1, 0.15) is 18.1 Å². The molecule has 0 atom stereocenters. The summed E-state index contributed by atoms with van der Waals surface area (Å²) >= 11 is 0. The summed E-state index contributed by atoms with van der Waals surface area (Å²) in [5, 5.41) is 7.92. The molecule has 0 aliphatic carbocycles. The van der Waals surface area contributed by atoms with Crippen molar-refractivity contribution in [3.05, 3.63) is 41.7 Å². The third-order valence-corrected chi connectivity index (χ3v) is 3.07. The summed E-state index contributed by atoms with van der Waals surface area (Å²) in [6.45, 7) is 3.22. The monoisotopic (exact) mass is 273 g/mol. The van der Waals surface area contributed by atoms with E-state index < -0.39 is 0 Å². The van der Waals surface area contributed by atoms with Gasteiger partial charge >= 0.3 is 0 Å². The molecule has 0 N–H and O–H groups in total. The Balaban J connectivity index is 2.04. The second-order valence-electron chi connectivity index (χ2n) is 4.57. The first kappa shape index (κ1) is 14.2. The van der Waals surface area contributed by atoms with Gasteiger partial charge < -0.3 is 4.74 Å². The van der Waals surface area contributed by atoms with Gasteiger partial charge in [0.05, 0.1) is 0 Å². The molecule has 2 rings (SSSR count). The SMILES string of the molecule is CCCCCn1nnc(C=O)c1COc1ccccc1. The Morgan fingerprint density at radius 1 is 1.25 bits per heavy atom. The van der Waals surface area contributed by atoms with Crippen molar-refractivity contribution < 1.29 is 9.53 Å². The number of rotatable bonds is 8. The number of para-hydroxylation sites is 1. The first-order valence-corrected chi connectivity index (χ1v) is 6.90. The summed E-state index contributed by atoms with van der Waals surface area (Å²) in [5.41, 5.74) is 1.09. The Morgan fingerprint density at radius 2 is 2.05 bits per heavy atom. The van der Waals surface area contributed by atoms with Crippen LogP contribution in [0, 0.1) is 0 Å². The minimum Gasteiger partial charge on any atom is -0.487 e. The first-order chi connectivity index (χ1) is 9.85. The molecule has 106 valence electrons. The fourth-order valence-electron chi connectivity index (χ4n) is 1.95. The van der Waals surface area contributed by atoms with Gasteiger partial charge in [-0.15, -0.1) is 5.10 Å². The molecule has 0 aliphatic rings. The molecule has 1 heterocycles. The maximum absolute atomic E-state index is 11.0. The zero-order valence-electron chi connectivity index (χ0n) is 11.7. The van der Waals surface area contributed by atoms with Gasteiger partial charge in [-0.1, -0.05) is 43.2 Å². The number of carbonyl (C=O) groups is 1. The van der Waals surface area contributed by atoms with Crippen LogP contribution in [0.15, 0.2) is 30.3 Å². The topological polar surface area (TPSA) is 57.0 Å². The van der Waals surface area contributed by atoms with Crippen molar-refractivity contribution in [3.8, 4) is 5.75 Å². The number of aromatic nitrogens is 3. The number of carbonyl (C=O) groups excluding carboxylic acids is 1. The standard InChI is InChI=1S/C15H19N3O2/c1-2-3-7-10-18-15(14(11-19)16-17-18)12-20-13-8-5-4-6-9-13/h4-6,8-9,11H,2-3,7,10,12H2,1H3. The van der Waals surface area contributed by atoms with Crippen molar-refractivity contribution in [2.45, 2.75) is 39.3 Å². The Morgan fingerprint density at radius 3 is 2.75 bits per heavy atom. The van der Waals surface area contributed by atoms with Gasteiger partial charge in [-0.05, 0) is 18.6 Å². The lowest BCUT2D eigenvalue weighted by molar-refractivity contribution is 0.111. The molecule has 0 bridgehead atoms. The molecular weight excluding hydrogens is 254 g/mol. The number of unbranched alkanes of at least 4 members (excludes halogenated alkanes) is 2. The Kier molecular flexibility index (Phi) is 5.29. The van der Waals surface area contributed by atoms with E-state index in [2.05, 4.69) is 17.2 Å². The minimum atomic E-state index is 0.303.